The number of hydrogen-bond acceptors (Lipinski definition) is 3. The van der Waals surface area contributed by atoms with E-state index in [2.05, 4.69) is 0 Å². The van der Waals surface area contributed by atoms with Gasteiger partial charge in [-0.3, -0.25) is 0 Å². The fourth-order valence-electron chi connectivity index (χ4n) is 1.36. The Bertz CT molecular complexity index is 459. The number of hydrogen-bond donors (Lipinski definition) is 0. The van der Waals surface area contributed by atoms with Crippen molar-refractivity contribution < 1.29 is 12.8 Å². The van der Waals surface area contributed by atoms with Crippen molar-refractivity contribution in [1.29, 1.82) is 0 Å². The van der Waals surface area contributed by atoms with E-state index in [0.29, 0.717) is 5.56 Å². The highest BCUT2D eigenvalue weighted by atomic mass is 35.7. The number of nitrogens with zero attached hydrogens (tertiary/aromatic N) is 1. The van der Waals surface area contributed by atoms with E-state index in [1.165, 1.54) is 17.0 Å². The molecule has 0 bridgehead atoms. The number of anilines is 1. The van der Waals surface area contributed by atoms with Gasteiger partial charge in [0.1, 0.15) is 5.82 Å². The van der Waals surface area contributed by atoms with Gasteiger partial charge in [0.25, 0.3) is 0 Å². The first-order chi connectivity index (χ1) is 6.81. The molecule has 0 aliphatic carbocycles. The molecule has 0 aromatic heterocycles. The third-order valence-electron chi connectivity index (χ3n) is 1.85. The summed E-state index contributed by atoms with van der Waals surface area (Å²) in [5.41, 5.74) is 0.608. The summed E-state index contributed by atoms with van der Waals surface area (Å²) in [5.74, 6) is -0.836. The maximum Gasteiger partial charge on any atom is 0.236 e. The first kappa shape index (κ1) is 12.3. The average Bonchev–Trinajstić information content (AvgIpc) is 1.99. The van der Waals surface area contributed by atoms with E-state index in [0.717, 1.165) is 0 Å². The summed E-state index contributed by atoms with van der Waals surface area (Å²) in [7, 11) is 4.74. The van der Waals surface area contributed by atoms with Crippen LogP contribution < -0.4 is 4.90 Å². The van der Waals surface area contributed by atoms with Crippen LogP contribution in [0.4, 0.5) is 10.1 Å². The minimum absolute atomic E-state index is 0.252. The first-order valence-corrected chi connectivity index (χ1v) is 6.66. The molecule has 0 heterocycles. The van der Waals surface area contributed by atoms with Crippen LogP contribution in [0.15, 0.2) is 18.2 Å². The van der Waals surface area contributed by atoms with Crippen molar-refractivity contribution >= 4 is 25.4 Å². The van der Waals surface area contributed by atoms with E-state index in [4.69, 9.17) is 10.7 Å². The highest BCUT2D eigenvalue weighted by molar-refractivity contribution is 8.13. The van der Waals surface area contributed by atoms with Gasteiger partial charge in [-0.1, -0.05) is 12.1 Å². The molecule has 15 heavy (non-hydrogen) atoms. The zero-order chi connectivity index (χ0) is 11.6. The third-order valence-corrected chi connectivity index (χ3v) is 2.83. The molecule has 0 fully saturated rings. The lowest BCUT2D eigenvalue weighted by molar-refractivity contribution is 0.607. The Morgan fingerprint density at radius 1 is 1.40 bits per heavy atom. The summed E-state index contributed by atoms with van der Waals surface area (Å²) < 4.78 is 35.2. The van der Waals surface area contributed by atoms with Crippen LogP contribution in [0.5, 0.6) is 0 Å². The van der Waals surface area contributed by atoms with E-state index in [1.54, 1.807) is 20.2 Å². The molecule has 1 aromatic rings. The van der Waals surface area contributed by atoms with Gasteiger partial charge >= 0.3 is 0 Å². The average molecular weight is 252 g/mol. The van der Waals surface area contributed by atoms with Crippen LogP contribution in [0.3, 0.4) is 0 Å². The lowest BCUT2D eigenvalue weighted by Crippen LogP contribution is -2.14. The number of rotatable bonds is 3. The van der Waals surface area contributed by atoms with Gasteiger partial charge in [0.2, 0.25) is 9.05 Å². The van der Waals surface area contributed by atoms with Crippen LogP contribution >= 0.6 is 10.7 Å². The van der Waals surface area contributed by atoms with Crippen LogP contribution in [-0.2, 0) is 14.8 Å². The normalized spacial score (nSPS) is 11.5. The summed E-state index contributed by atoms with van der Waals surface area (Å²) in [4.78, 5) is 1.52. The predicted molar refractivity (Wildman–Crippen MR) is 59.2 cm³/mol. The Morgan fingerprint density at radius 2 is 2.00 bits per heavy atom. The van der Waals surface area contributed by atoms with Gasteiger partial charge in [-0.05, 0) is 11.6 Å². The second kappa shape index (κ2) is 4.37. The number of benzene rings is 1. The van der Waals surface area contributed by atoms with Gasteiger partial charge in [-0.15, -0.1) is 0 Å². The molecule has 6 heteroatoms. The summed E-state index contributed by atoms with van der Waals surface area (Å²) in [6.07, 6.45) is 0. The van der Waals surface area contributed by atoms with Crippen molar-refractivity contribution in [3.8, 4) is 0 Å². The molecule has 0 saturated heterocycles. The standard InChI is InChI=1S/C9H11ClFNO2S/c1-12(2)9-7(6-15(10,13)14)4-3-5-8(9)11/h3-5H,6H2,1-2H3. The van der Waals surface area contributed by atoms with Gasteiger partial charge < -0.3 is 4.90 Å². The van der Waals surface area contributed by atoms with E-state index in [1.807, 2.05) is 0 Å². The van der Waals surface area contributed by atoms with E-state index in [-0.39, 0.29) is 11.4 Å². The molecule has 1 rings (SSSR count). The van der Waals surface area contributed by atoms with Gasteiger partial charge in [-0.25, -0.2) is 12.8 Å². The van der Waals surface area contributed by atoms with Crippen LogP contribution in [0.25, 0.3) is 0 Å². The smallest absolute Gasteiger partial charge is 0.236 e. The molecular formula is C9H11ClFNO2S. The summed E-state index contributed by atoms with van der Waals surface area (Å²) in [6, 6.07) is 4.28. The highest BCUT2D eigenvalue weighted by Crippen LogP contribution is 2.25. The molecule has 0 saturated carbocycles. The quantitative estimate of drug-likeness (QED) is 0.771. The molecule has 0 N–H and O–H groups in total. The van der Waals surface area contributed by atoms with Crippen LogP contribution in [0, 0.1) is 5.82 Å². The van der Waals surface area contributed by atoms with Crippen molar-refractivity contribution in [1.82, 2.24) is 0 Å². The summed E-state index contributed by atoms with van der Waals surface area (Å²) >= 11 is 0. The Balaban J connectivity index is 3.24. The fourth-order valence-corrected chi connectivity index (χ4v) is 2.32. The Labute approximate surface area is 92.9 Å². The zero-order valence-electron chi connectivity index (χ0n) is 8.37. The van der Waals surface area contributed by atoms with Crippen LogP contribution in [0.1, 0.15) is 5.56 Å². The number of para-hydroxylation sites is 1. The zero-order valence-corrected chi connectivity index (χ0v) is 9.94. The van der Waals surface area contributed by atoms with Gasteiger partial charge in [0.05, 0.1) is 11.4 Å². The maximum absolute atomic E-state index is 13.4. The molecule has 0 unspecified atom stereocenters. The van der Waals surface area contributed by atoms with Crippen molar-refractivity contribution in [2.75, 3.05) is 19.0 Å². The monoisotopic (exact) mass is 251 g/mol. The van der Waals surface area contributed by atoms with Gasteiger partial charge in [0, 0.05) is 24.8 Å². The molecule has 0 aliphatic heterocycles. The largest absolute Gasteiger partial charge is 0.375 e. The van der Waals surface area contributed by atoms with Crippen molar-refractivity contribution in [2.45, 2.75) is 5.75 Å². The Kier molecular flexibility index (Phi) is 3.57. The lowest BCUT2D eigenvalue weighted by Gasteiger charge is -2.17. The Hall–Kier alpha value is -0.810. The van der Waals surface area contributed by atoms with Crippen molar-refractivity contribution in [3.05, 3.63) is 29.6 Å². The van der Waals surface area contributed by atoms with Gasteiger partial charge in [0.15, 0.2) is 0 Å². The predicted octanol–water partition coefficient (Wildman–Crippen LogP) is 1.96. The third kappa shape index (κ3) is 3.35. The van der Waals surface area contributed by atoms with E-state index < -0.39 is 14.9 Å². The molecule has 3 nitrogen and oxygen atoms in total. The van der Waals surface area contributed by atoms with Crippen molar-refractivity contribution in [2.24, 2.45) is 0 Å². The van der Waals surface area contributed by atoms with E-state index in [9.17, 15) is 12.8 Å². The first-order valence-electron chi connectivity index (χ1n) is 4.18. The Morgan fingerprint density at radius 3 is 2.47 bits per heavy atom. The van der Waals surface area contributed by atoms with Crippen LogP contribution in [0.2, 0.25) is 0 Å². The minimum atomic E-state index is -3.67. The summed E-state index contributed by atoms with van der Waals surface area (Å²) in [5, 5.41) is 0. The second-order valence-electron chi connectivity index (χ2n) is 3.33. The second-order valence-corrected chi connectivity index (χ2v) is 6.10. The maximum atomic E-state index is 13.4. The summed E-state index contributed by atoms with van der Waals surface area (Å²) in [6.45, 7) is 0. The SMILES string of the molecule is CN(C)c1c(F)cccc1CS(=O)(=O)Cl. The number of halogens is 2. The molecule has 0 amide bonds. The molecular weight excluding hydrogens is 241 g/mol. The molecule has 1 aromatic carbocycles. The fraction of sp³-hybridized carbons (Fsp3) is 0.333. The lowest BCUT2D eigenvalue weighted by atomic mass is 10.2. The topological polar surface area (TPSA) is 37.4 Å². The molecule has 0 radical (unpaired) electrons. The van der Waals surface area contributed by atoms with E-state index >= 15 is 0 Å². The molecule has 0 atom stereocenters. The van der Waals surface area contributed by atoms with Crippen molar-refractivity contribution in [3.63, 3.8) is 0 Å². The molecule has 0 spiro atoms. The highest BCUT2D eigenvalue weighted by Gasteiger charge is 2.15. The molecule has 84 valence electrons. The van der Waals surface area contributed by atoms with Gasteiger partial charge in [-0.2, -0.15) is 0 Å². The minimum Gasteiger partial charge on any atom is -0.375 e. The van der Waals surface area contributed by atoms with Crippen LogP contribution in [-0.4, -0.2) is 22.5 Å². The molecule has 0 aliphatic rings.